The molecule has 0 atom stereocenters. The van der Waals surface area contributed by atoms with Gasteiger partial charge in [0.2, 0.25) is 10.0 Å². The lowest BCUT2D eigenvalue weighted by Gasteiger charge is -2.33. The van der Waals surface area contributed by atoms with E-state index in [0.29, 0.717) is 17.0 Å². The molecule has 7 heteroatoms. The van der Waals surface area contributed by atoms with Crippen LogP contribution in [-0.2, 0) is 16.4 Å². The van der Waals surface area contributed by atoms with E-state index in [0.717, 1.165) is 50.2 Å². The van der Waals surface area contributed by atoms with Gasteiger partial charge < -0.3 is 4.90 Å². The zero-order valence-electron chi connectivity index (χ0n) is 16.1. The molecule has 0 spiro atoms. The summed E-state index contributed by atoms with van der Waals surface area (Å²) < 4.78 is 27.9. The Kier molecular flexibility index (Phi) is 6.65. The number of sulfonamides is 1. The van der Waals surface area contributed by atoms with Crippen molar-refractivity contribution >= 4 is 15.8 Å². The molecule has 0 bridgehead atoms. The Hall–Kier alpha value is -2.43. The average Bonchev–Trinajstić information content (AvgIpc) is 2.73. The first kappa shape index (κ1) is 20.3. The van der Waals surface area contributed by atoms with Gasteiger partial charge in [-0.2, -0.15) is 5.26 Å². The number of aromatic nitrogens is 1. The van der Waals surface area contributed by atoms with E-state index in [-0.39, 0.29) is 5.92 Å². The zero-order chi connectivity index (χ0) is 20.0. The number of hydrogen-bond donors (Lipinski definition) is 1. The molecule has 1 N–H and O–H groups in total. The van der Waals surface area contributed by atoms with E-state index < -0.39 is 10.0 Å². The number of anilines is 1. The number of nitrogens with zero attached hydrogens (tertiary/aromatic N) is 3. The molecule has 1 aromatic heterocycles. The topological polar surface area (TPSA) is 86.1 Å². The second kappa shape index (κ2) is 9.18. The number of nitrogens with one attached hydrogen (secondary N) is 1. The van der Waals surface area contributed by atoms with Gasteiger partial charge in [0.15, 0.2) is 0 Å². The van der Waals surface area contributed by atoms with Crippen LogP contribution in [0.1, 0.15) is 37.3 Å². The quantitative estimate of drug-likeness (QED) is 0.774. The van der Waals surface area contributed by atoms with E-state index in [9.17, 15) is 13.7 Å². The van der Waals surface area contributed by atoms with E-state index >= 15 is 0 Å². The zero-order valence-corrected chi connectivity index (χ0v) is 17.0. The van der Waals surface area contributed by atoms with Gasteiger partial charge in [0.05, 0.1) is 10.5 Å². The van der Waals surface area contributed by atoms with Crippen LogP contribution in [0.2, 0.25) is 0 Å². The molecule has 0 unspecified atom stereocenters. The highest BCUT2D eigenvalue weighted by atomic mass is 32.2. The fourth-order valence-electron chi connectivity index (χ4n) is 3.52. The van der Waals surface area contributed by atoms with Gasteiger partial charge in [-0.05, 0) is 55.0 Å². The summed E-state index contributed by atoms with van der Waals surface area (Å²) in [6, 6.07) is 12.8. The number of hydrogen-bond acceptors (Lipinski definition) is 5. The molecule has 1 aromatic carbocycles. The van der Waals surface area contributed by atoms with Gasteiger partial charge in [0.25, 0.3) is 0 Å². The fourth-order valence-corrected chi connectivity index (χ4v) is 4.64. The summed E-state index contributed by atoms with van der Waals surface area (Å²) in [6.07, 6.45) is 5.41. The van der Waals surface area contributed by atoms with Crippen molar-refractivity contribution in [1.29, 1.82) is 5.26 Å². The maximum absolute atomic E-state index is 12.5. The normalized spacial score (nSPS) is 15.4. The number of piperidine rings is 1. The highest BCUT2D eigenvalue weighted by Crippen LogP contribution is 2.24. The maximum Gasteiger partial charge on any atom is 0.240 e. The molecule has 0 radical (unpaired) electrons. The number of benzene rings is 1. The minimum atomic E-state index is -3.49. The van der Waals surface area contributed by atoms with Gasteiger partial charge in [-0.3, -0.25) is 0 Å². The molecule has 1 saturated heterocycles. The van der Waals surface area contributed by atoms with Crippen molar-refractivity contribution in [2.75, 3.05) is 24.5 Å². The van der Waals surface area contributed by atoms with Crippen LogP contribution in [0, 0.1) is 17.2 Å². The summed E-state index contributed by atoms with van der Waals surface area (Å²) in [7, 11) is -3.49. The van der Waals surface area contributed by atoms with Crippen LogP contribution in [-0.4, -0.2) is 33.0 Å². The van der Waals surface area contributed by atoms with Gasteiger partial charge in [-0.15, -0.1) is 0 Å². The Morgan fingerprint density at radius 3 is 2.57 bits per heavy atom. The Morgan fingerprint density at radius 1 is 1.21 bits per heavy atom. The molecule has 6 nitrogen and oxygen atoms in total. The van der Waals surface area contributed by atoms with Crippen LogP contribution < -0.4 is 9.62 Å². The van der Waals surface area contributed by atoms with Crippen LogP contribution in [0.3, 0.4) is 0 Å². The van der Waals surface area contributed by atoms with Gasteiger partial charge in [-0.25, -0.2) is 18.1 Å². The van der Waals surface area contributed by atoms with E-state index in [2.05, 4.69) is 27.6 Å². The minimum Gasteiger partial charge on any atom is -0.356 e. The molecule has 148 valence electrons. The molecule has 0 saturated carbocycles. The second-order valence-corrected chi connectivity index (χ2v) is 8.93. The lowest BCUT2D eigenvalue weighted by atomic mass is 9.97. The number of nitriles is 1. The first-order valence-electron chi connectivity index (χ1n) is 9.72. The van der Waals surface area contributed by atoms with E-state index in [1.807, 2.05) is 12.1 Å². The molecule has 0 amide bonds. The number of aryl methyl sites for hydroxylation is 1. The average molecular weight is 399 g/mol. The van der Waals surface area contributed by atoms with Crippen LogP contribution in [0.4, 0.5) is 5.82 Å². The van der Waals surface area contributed by atoms with Gasteiger partial charge in [0.1, 0.15) is 11.9 Å². The Morgan fingerprint density at radius 2 is 1.93 bits per heavy atom. The smallest absolute Gasteiger partial charge is 0.240 e. The summed E-state index contributed by atoms with van der Waals surface area (Å²) in [5.41, 5.74) is 1.73. The van der Waals surface area contributed by atoms with Crippen LogP contribution in [0.25, 0.3) is 0 Å². The fraction of sp³-hybridized carbons (Fsp3) is 0.429. The minimum absolute atomic E-state index is 0.277. The predicted octanol–water partition coefficient (Wildman–Crippen LogP) is 3.10. The lowest BCUT2D eigenvalue weighted by Crippen LogP contribution is -2.39. The maximum atomic E-state index is 12.5. The Labute approximate surface area is 167 Å². The van der Waals surface area contributed by atoms with Crippen molar-refractivity contribution in [3.63, 3.8) is 0 Å². The molecule has 1 fully saturated rings. The van der Waals surface area contributed by atoms with Crippen molar-refractivity contribution < 1.29 is 8.42 Å². The van der Waals surface area contributed by atoms with Crippen LogP contribution >= 0.6 is 0 Å². The molecule has 1 aliphatic heterocycles. The first-order valence-corrected chi connectivity index (χ1v) is 11.2. The van der Waals surface area contributed by atoms with Crippen molar-refractivity contribution in [3.05, 3.63) is 53.7 Å². The molecule has 3 rings (SSSR count). The van der Waals surface area contributed by atoms with E-state index in [4.69, 9.17) is 0 Å². The van der Waals surface area contributed by atoms with Crippen molar-refractivity contribution in [2.45, 2.75) is 37.5 Å². The highest BCUT2D eigenvalue weighted by molar-refractivity contribution is 7.89. The highest BCUT2D eigenvalue weighted by Gasteiger charge is 2.23. The number of pyridine rings is 1. The summed E-state index contributed by atoms with van der Waals surface area (Å²) in [5, 5.41) is 9.24. The van der Waals surface area contributed by atoms with E-state index in [1.54, 1.807) is 30.5 Å². The van der Waals surface area contributed by atoms with Crippen LogP contribution in [0.5, 0.6) is 0 Å². The third kappa shape index (κ3) is 4.89. The summed E-state index contributed by atoms with van der Waals surface area (Å²) in [4.78, 5) is 6.76. The molecule has 2 heterocycles. The number of rotatable bonds is 7. The van der Waals surface area contributed by atoms with Crippen LogP contribution in [0.15, 0.2) is 47.5 Å². The van der Waals surface area contributed by atoms with Gasteiger partial charge in [0, 0.05) is 25.8 Å². The summed E-state index contributed by atoms with van der Waals surface area (Å²) in [5.74, 6) is 0.996. The third-order valence-electron chi connectivity index (χ3n) is 5.16. The van der Waals surface area contributed by atoms with Crippen molar-refractivity contribution in [1.82, 2.24) is 9.71 Å². The van der Waals surface area contributed by atoms with E-state index in [1.165, 1.54) is 0 Å². The monoisotopic (exact) mass is 398 g/mol. The molecule has 0 aliphatic carbocycles. The SMILES string of the molecule is CCCc1ccc(S(=O)(=O)NCC2CCN(c3ncccc3C#N)CC2)cc1. The largest absolute Gasteiger partial charge is 0.356 e. The standard InChI is InChI=1S/C21H26N4O2S/c1-2-4-17-6-8-20(9-7-17)28(26,27)24-16-18-10-13-25(14-11-18)21-19(15-22)5-3-12-23-21/h3,5-9,12,18,24H,2,4,10-11,13-14,16H2,1H3. The van der Waals surface area contributed by atoms with Crippen molar-refractivity contribution in [3.8, 4) is 6.07 Å². The third-order valence-corrected chi connectivity index (χ3v) is 6.60. The van der Waals surface area contributed by atoms with Gasteiger partial charge >= 0.3 is 0 Å². The molecule has 28 heavy (non-hydrogen) atoms. The Balaban J connectivity index is 1.54. The lowest BCUT2D eigenvalue weighted by molar-refractivity contribution is 0.400. The molecule has 1 aliphatic rings. The predicted molar refractivity (Wildman–Crippen MR) is 110 cm³/mol. The van der Waals surface area contributed by atoms with Crippen molar-refractivity contribution in [2.24, 2.45) is 5.92 Å². The molecule has 2 aromatic rings. The Bertz CT molecular complexity index is 928. The summed E-state index contributed by atoms with van der Waals surface area (Å²) in [6.45, 7) is 4.07. The van der Waals surface area contributed by atoms with Gasteiger partial charge in [-0.1, -0.05) is 25.5 Å². The second-order valence-electron chi connectivity index (χ2n) is 7.16. The molecular weight excluding hydrogens is 372 g/mol. The molecular formula is C21H26N4O2S. The first-order chi connectivity index (χ1) is 13.5. The summed E-state index contributed by atoms with van der Waals surface area (Å²) >= 11 is 0.